The monoisotopic (exact) mass is 425 g/mol. The highest BCUT2D eigenvalue weighted by molar-refractivity contribution is 7.92. The fraction of sp³-hybridized carbons (Fsp3) is 0.350. The predicted octanol–water partition coefficient (Wildman–Crippen LogP) is 2.76. The van der Waals surface area contributed by atoms with Gasteiger partial charge in [0.2, 0.25) is 15.9 Å². The van der Waals surface area contributed by atoms with E-state index in [1.54, 1.807) is 0 Å². The van der Waals surface area contributed by atoms with Crippen LogP contribution >= 0.6 is 0 Å². The average Bonchev–Trinajstić information content (AvgIpc) is 2.67. The Morgan fingerprint density at radius 1 is 1.00 bits per heavy atom. The first-order chi connectivity index (χ1) is 13.7. The minimum atomic E-state index is -3.70. The molecule has 0 spiro atoms. The van der Waals surface area contributed by atoms with E-state index < -0.39 is 21.7 Å². The Morgan fingerprint density at radius 2 is 1.69 bits per heavy atom. The van der Waals surface area contributed by atoms with Crippen molar-refractivity contribution in [3.63, 3.8) is 0 Å². The van der Waals surface area contributed by atoms with Crippen LogP contribution in [0.1, 0.15) is 12.8 Å². The number of anilines is 2. The van der Waals surface area contributed by atoms with E-state index in [4.69, 9.17) is 0 Å². The average molecular weight is 426 g/mol. The Labute approximate surface area is 170 Å². The molecule has 0 saturated heterocycles. The standard InChI is InChI=1S/C20H25F2N3O3S/c1-24(16-7-4-3-5-8-16)14-12-23-20(26)9-6-13-25(29(2,27)28)17-10-11-18(21)19(22)15-17/h3-5,7-8,10-11,15H,6,9,12-14H2,1-2H3,(H,23,26). The minimum Gasteiger partial charge on any atom is -0.373 e. The third-order valence-corrected chi connectivity index (χ3v) is 5.52. The van der Waals surface area contributed by atoms with Gasteiger partial charge in [-0.05, 0) is 30.7 Å². The van der Waals surface area contributed by atoms with Crippen molar-refractivity contribution in [3.05, 3.63) is 60.2 Å². The van der Waals surface area contributed by atoms with Crippen LogP contribution in [0.3, 0.4) is 0 Å². The fourth-order valence-electron chi connectivity index (χ4n) is 2.77. The summed E-state index contributed by atoms with van der Waals surface area (Å²) >= 11 is 0. The van der Waals surface area contributed by atoms with Gasteiger partial charge >= 0.3 is 0 Å². The van der Waals surface area contributed by atoms with Gasteiger partial charge in [0.25, 0.3) is 0 Å². The Hall–Kier alpha value is -2.68. The summed E-state index contributed by atoms with van der Waals surface area (Å²) in [6, 6.07) is 12.6. The van der Waals surface area contributed by atoms with Crippen molar-refractivity contribution in [3.8, 4) is 0 Å². The summed E-state index contributed by atoms with van der Waals surface area (Å²) in [4.78, 5) is 14.0. The summed E-state index contributed by atoms with van der Waals surface area (Å²) in [5, 5.41) is 2.79. The van der Waals surface area contributed by atoms with E-state index in [9.17, 15) is 22.0 Å². The molecule has 6 nitrogen and oxygen atoms in total. The first-order valence-corrected chi connectivity index (χ1v) is 11.0. The number of hydrogen-bond acceptors (Lipinski definition) is 4. The molecule has 0 aliphatic heterocycles. The Kier molecular flexibility index (Phi) is 7.95. The van der Waals surface area contributed by atoms with Crippen LogP contribution < -0.4 is 14.5 Å². The molecule has 2 aromatic carbocycles. The number of halogens is 2. The molecule has 0 heterocycles. The fourth-order valence-corrected chi connectivity index (χ4v) is 3.73. The van der Waals surface area contributed by atoms with Gasteiger partial charge in [-0.15, -0.1) is 0 Å². The smallest absolute Gasteiger partial charge is 0.232 e. The third-order valence-electron chi connectivity index (χ3n) is 4.32. The van der Waals surface area contributed by atoms with Gasteiger partial charge in [-0.1, -0.05) is 18.2 Å². The first-order valence-electron chi connectivity index (χ1n) is 9.14. The number of para-hydroxylation sites is 1. The molecule has 9 heteroatoms. The molecule has 0 bridgehead atoms. The molecule has 0 radical (unpaired) electrons. The van der Waals surface area contributed by atoms with Gasteiger partial charge in [-0.3, -0.25) is 9.10 Å². The molecule has 1 N–H and O–H groups in total. The molecule has 2 rings (SSSR count). The molecule has 1 amide bonds. The zero-order valence-electron chi connectivity index (χ0n) is 16.4. The van der Waals surface area contributed by atoms with Crippen LogP contribution in [0.4, 0.5) is 20.2 Å². The van der Waals surface area contributed by atoms with Crippen molar-refractivity contribution in [1.82, 2.24) is 5.32 Å². The topological polar surface area (TPSA) is 69.7 Å². The second-order valence-corrected chi connectivity index (χ2v) is 8.55. The molecule has 0 saturated carbocycles. The number of amides is 1. The Morgan fingerprint density at radius 3 is 2.31 bits per heavy atom. The van der Waals surface area contributed by atoms with Crippen LogP contribution in [-0.2, 0) is 14.8 Å². The summed E-state index contributed by atoms with van der Waals surface area (Å²) in [5.41, 5.74) is 1.06. The quantitative estimate of drug-likeness (QED) is 0.636. The van der Waals surface area contributed by atoms with E-state index in [0.29, 0.717) is 13.1 Å². The van der Waals surface area contributed by atoms with Crippen LogP contribution in [0.2, 0.25) is 0 Å². The molecule has 29 heavy (non-hydrogen) atoms. The minimum absolute atomic E-state index is 0.0127. The molecule has 2 aromatic rings. The third kappa shape index (κ3) is 7.01. The van der Waals surface area contributed by atoms with Crippen LogP contribution in [0.5, 0.6) is 0 Å². The molecule has 158 valence electrons. The van der Waals surface area contributed by atoms with Crippen LogP contribution in [-0.4, -0.2) is 47.3 Å². The van der Waals surface area contributed by atoms with Gasteiger partial charge in [0.1, 0.15) is 0 Å². The Bertz CT molecular complexity index is 924. The van der Waals surface area contributed by atoms with Crippen molar-refractivity contribution in [2.75, 3.05) is 42.1 Å². The largest absolute Gasteiger partial charge is 0.373 e. The maximum absolute atomic E-state index is 13.4. The van der Waals surface area contributed by atoms with E-state index in [0.717, 1.165) is 28.4 Å². The predicted molar refractivity (Wildman–Crippen MR) is 111 cm³/mol. The van der Waals surface area contributed by atoms with Crippen molar-refractivity contribution >= 4 is 27.3 Å². The number of carbonyl (C=O) groups is 1. The summed E-state index contributed by atoms with van der Waals surface area (Å²) < 4.78 is 51.5. The second-order valence-electron chi connectivity index (χ2n) is 6.64. The maximum Gasteiger partial charge on any atom is 0.232 e. The van der Waals surface area contributed by atoms with Crippen LogP contribution in [0, 0.1) is 11.6 Å². The number of rotatable bonds is 10. The molecule has 0 atom stereocenters. The van der Waals surface area contributed by atoms with Gasteiger partial charge in [0.15, 0.2) is 11.6 Å². The number of nitrogens with one attached hydrogen (secondary N) is 1. The lowest BCUT2D eigenvalue weighted by atomic mass is 10.2. The molecular weight excluding hydrogens is 400 g/mol. The van der Waals surface area contributed by atoms with Crippen molar-refractivity contribution in [2.45, 2.75) is 12.8 Å². The van der Waals surface area contributed by atoms with Gasteiger partial charge in [-0.25, -0.2) is 17.2 Å². The van der Waals surface area contributed by atoms with E-state index in [-0.39, 0.29) is 31.0 Å². The zero-order chi connectivity index (χ0) is 21.4. The molecule has 0 aromatic heterocycles. The van der Waals surface area contributed by atoms with E-state index in [1.165, 1.54) is 6.07 Å². The van der Waals surface area contributed by atoms with Crippen LogP contribution in [0.15, 0.2) is 48.5 Å². The second kappa shape index (κ2) is 10.2. The lowest BCUT2D eigenvalue weighted by Gasteiger charge is -2.22. The normalized spacial score (nSPS) is 11.2. The summed E-state index contributed by atoms with van der Waals surface area (Å²) in [6.07, 6.45) is 1.34. The van der Waals surface area contributed by atoms with Gasteiger partial charge in [-0.2, -0.15) is 0 Å². The zero-order valence-corrected chi connectivity index (χ0v) is 17.3. The molecule has 0 aliphatic rings. The van der Waals surface area contributed by atoms with Crippen LogP contribution in [0.25, 0.3) is 0 Å². The van der Waals surface area contributed by atoms with Crippen molar-refractivity contribution in [2.24, 2.45) is 0 Å². The van der Waals surface area contributed by atoms with Crippen molar-refractivity contribution < 1.29 is 22.0 Å². The van der Waals surface area contributed by atoms with Gasteiger partial charge < -0.3 is 10.2 Å². The number of carbonyl (C=O) groups excluding carboxylic acids is 1. The summed E-state index contributed by atoms with van der Waals surface area (Å²) in [7, 11) is -1.77. The van der Waals surface area contributed by atoms with Gasteiger partial charge in [0, 0.05) is 44.9 Å². The summed E-state index contributed by atoms with van der Waals surface area (Å²) in [5.74, 6) is -2.39. The molecule has 0 unspecified atom stereocenters. The number of hydrogen-bond donors (Lipinski definition) is 1. The van der Waals surface area contributed by atoms with Gasteiger partial charge in [0.05, 0.1) is 11.9 Å². The first kappa shape index (κ1) is 22.6. The highest BCUT2D eigenvalue weighted by Gasteiger charge is 2.19. The SMILES string of the molecule is CN(CCNC(=O)CCCN(c1ccc(F)c(F)c1)S(C)(=O)=O)c1ccccc1. The molecule has 0 aliphatic carbocycles. The number of sulfonamides is 1. The highest BCUT2D eigenvalue weighted by atomic mass is 32.2. The van der Waals surface area contributed by atoms with E-state index in [2.05, 4.69) is 5.32 Å². The number of benzene rings is 2. The lowest BCUT2D eigenvalue weighted by Crippen LogP contribution is -2.34. The number of nitrogens with zero attached hydrogens (tertiary/aromatic N) is 2. The molecular formula is C20H25F2N3O3S. The lowest BCUT2D eigenvalue weighted by molar-refractivity contribution is -0.121. The highest BCUT2D eigenvalue weighted by Crippen LogP contribution is 2.21. The number of likely N-dealkylation sites (N-methyl/N-ethyl adjacent to an activating group) is 1. The molecule has 0 fully saturated rings. The van der Waals surface area contributed by atoms with E-state index >= 15 is 0 Å². The Balaban J connectivity index is 1.81. The maximum atomic E-state index is 13.4. The van der Waals surface area contributed by atoms with E-state index in [1.807, 2.05) is 42.3 Å². The summed E-state index contributed by atoms with van der Waals surface area (Å²) in [6.45, 7) is 1.06. The van der Waals surface area contributed by atoms with Crippen molar-refractivity contribution in [1.29, 1.82) is 0 Å².